The van der Waals surface area contributed by atoms with E-state index in [0.29, 0.717) is 0 Å². The van der Waals surface area contributed by atoms with E-state index in [1.54, 1.807) is 6.08 Å². The molecule has 2 rings (SSSR count). The molecule has 1 aliphatic carbocycles. The molecular formula is C13H13N. The van der Waals surface area contributed by atoms with E-state index in [2.05, 4.69) is 31.2 Å². The number of nitrogens with zero attached hydrogens (tertiary/aromatic N) is 1. The number of rotatable bonds is 1. The predicted molar refractivity (Wildman–Crippen MR) is 57.7 cm³/mol. The average Bonchev–Trinajstić information content (AvgIpc) is 2.61. The van der Waals surface area contributed by atoms with Gasteiger partial charge in [0, 0.05) is 6.08 Å². The molecule has 0 amide bonds. The summed E-state index contributed by atoms with van der Waals surface area (Å²) in [6.45, 7) is 2.16. The number of allylic oxidation sites excluding steroid dienone is 2. The quantitative estimate of drug-likeness (QED) is 0.614. The van der Waals surface area contributed by atoms with E-state index in [-0.39, 0.29) is 0 Å². The fourth-order valence-corrected chi connectivity index (χ4v) is 1.99. The van der Waals surface area contributed by atoms with E-state index in [1.807, 2.05) is 0 Å². The van der Waals surface area contributed by atoms with E-state index < -0.39 is 0 Å². The van der Waals surface area contributed by atoms with Crippen LogP contribution in [0.3, 0.4) is 0 Å². The highest BCUT2D eigenvalue weighted by Crippen LogP contribution is 2.32. The molecule has 1 aliphatic rings. The molecule has 0 bridgehead atoms. The van der Waals surface area contributed by atoms with Crippen LogP contribution in [0.1, 0.15) is 30.0 Å². The molecule has 1 aromatic rings. The summed E-state index contributed by atoms with van der Waals surface area (Å²) in [5, 5.41) is 8.65. The molecule has 0 fully saturated rings. The van der Waals surface area contributed by atoms with E-state index in [4.69, 9.17) is 5.26 Å². The molecular weight excluding hydrogens is 170 g/mol. The molecule has 0 atom stereocenters. The van der Waals surface area contributed by atoms with Crippen molar-refractivity contribution in [3.63, 3.8) is 0 Å². The van der Waals surface area contributed by atoms with Crippen LogP contribution in [0.4, 0.5) is 0 Å². The Hall–Kier alpha value is -1.55. The molecule has 0 saturated heterocycles. The zero-order valence-electron chi connectivity index (χ0n) is 8.38. The molecule has 0 aromatic heterocycles. The maximum absolute atomic E-state index is 8.65. The molecule has 0 unspecified atom stereocenters. The maximum atomic E-state index is 8.65. The number of aryl methyl sites for hydroxylation is 2. The Balaban J connectivity index is 2.48. The van der Waals surface area contributed by atoms with Crippen molar-refractivity contribution in [3.8, 4) is 6.07 Å². The van der Waals surface area contributed by atoms with Gasteiger partial charge in [0.15, 0.2) is 0 Å². The van der Waals surface area contributed by atoms with E-state index in [0.717, 1.165) is 19.3 Å². The molecule has 0 saturated carbocycles. The number of nitriles is 1. The third-order valence-electron chi connectivity index (χ3n) is 2.83. The first-order chi connectivity index (χ1) is 6.85. The lowest BCUT2D eigenvalue weighted by Gasteiger charge is -2.02. The minimum absolute atomic E-state index is 1.02. The van der Waals surface area contributed by atoms with Crippen LogP contribution in [0.5, 0.6) is 0 Å². The zero-order valence-corrected chi connectivity index (χ0v) is 8.38. The van der Waals surface area contributed by atoms with Crippen LogP contribution in [0.15, 0.2) is 24.3 Å². The number of hydrogen-bond acceptors (Lipinski definition) is 1. The lowest BCUT2D eigenvalue weighted by atomic mass is 10.0. The van der Waals surface area contributed by atoms with Crippen molar-refractivity contribution in [3.05, 3.63) is 41.0 Å². The van der Waals surface area contributed by atoms with Crippen LogP contribution in [-0.2, 0) is 12.8 Å². The van der Waals surface area contributed by atoms with Gasteiger partial charge in [-0.1, -0.05) is 25.1 Å². The first-order valence-electron chi connectivity index (χ1n) is 5.06. The fraction of sp³-hybridized carbons (Fsp3) is 0.308. The largest absolute Gasteiger partial charge is 0.193 e. The van der Waals surface area contributed by atoms with Crippen molar-refractivity contribution in [2.75, 3.05) is 0 Å². The fourth-order valence-electron chi connectivity index (χ4n) is 1.99. The van der Waals surface area contributed by atoms with E-state index in [1.165, 1.54) is 22.3 Å². The molecule has 1 aromatic carbocycles. The molecule has 70 valence electrons. The van der Waals surface area contributed by atoms with E-state index in [9.17, 15) is 0 Å². The van der Waals surface area contributed by atoms with Crippen molar-refractivity contribution >= 4 is 5.57 Å². The van der Waals surface area contributed by atoms with Gasteiger partial charge in [-0.05, 0) is 41.5 Å². The molecule has 14 heavy (non-hydrogen) atoms. The van der Waals surface area contributed by atoms with Gasteiger partial charge in [-0.2, -0.15) is 5.26 Å². The Bertz CT molecular complexity index is 421. The second-order valence-electron chi connectivity index (χ2n) is 3.64. The Kier molecular flexibility index (Phi) is 2.37. The maximum Gasteiger partial charge on any atom is 0.0915 e. The summed E-state index contributed by atoms with van der Waals surface area (Å²) in [6, 6.07) is 8.74. The second kappa shape index (κ2) is 3.67. The van der Waals surface area contributed by atoms with E-state index >= 15 is 0 Å². The third kappa shape index (κ3) is 1.44. The van der Waals surface area contributed by atoms with Gasteiger partial charge in [-0.3, -0.25) is 0 Å². The van der Waals surface area contributed by atoms with Crippen LogP contribution in [-0.4, -0.2) is 0 Å². The Morgan fingerprint density at radius 2 is 2.29 bits per heavy atom. The molecule has 0 aliphatic heterocycles. The minimum Gasteiger partial charge on any atom is -0.193 e. The van der Waals surface area contributed by atoms with Crippen LogP contribution in [0.2, 0.25) is 0 Å². The van der Waals surface area contributed by atoms with Crippen molar-refractivity contribution in [1.29, 1.82) is 5.26 Å². The monoisotopic (exact) mass is 183 g/mol. The smallest absolute Gasteiger partial charge is 0.0915 e. The highest BCUT2D eigenvalue weighted by molar-refractivity contribution is 5.74. The standard InChI is InChI=1S/C13H13N/c1-2-10-3-4-11-5-6-12(7-8-14)13(11)9-10/h3-4,7,9H,2,5-6H2,1H3/b12-7+. The first-order valence-corrected chi connectivity index (χ1v) is 5.06. The van der Waals surface area contributed by atoms with Gasteiger partial charge in [0.2, 0.25) is 0 Å². The Labute approximate surface area is 84.7 Å². The van der Waals surface area contributed by atoms with Gasteiger partial charge >= 0.3 is 0 Å². The van der Waals surface area contributed by atoms with Crippen molar-refractivity contribution in [1.82, 2.24) is 0 Å². The number of fused-ring (bicyclic) bond motifs is 1. The minimum atomic E-state index is 1.02. The average molecular weight is 183 g/mol. The highest BCUT2D eigenvalue weighted by atomic mass is 14.2. The normalized spacial score (nSPS) is 16.7. The molecule has 0 radical (unpaired) electrons. The van der Waals surface area contributed by atoms with Gasteiger partial charge < -0.3 is 0 Å². The van der Waals surface area contributed by atoms with Gasteiger partial charge in [0.25, 0.3) is 0 Å². The summed E-state index contributed by atoms with van der Waals surface area (Å²) < 4.78 is 0. The SMILES string of the molecule is CCc1ccc2c(c1)/C(=C/C#N)CC2. The van der Waals surface area contributed by atoms with Gasteiger partial charge in [0.05, 0.1) is 6.07 Å². The number of hydrogen-bond donors (Lipinski definition) is 0. The van der Waals surface area contributed by atoms with Crippen molar-refractivity contribution < 1.29 is 0 Å². The molecule has 0 N–H and O–H groups in total. The van der Waals surface area contributed by atoms with Crippen LogP contribution in [0.25, 0.3) is 5.57 Å². The highest BCUT2D eigenvalue weighted by Gasteiger charge is 2.15. The topological polar surface area (TPSA) is 23.8 Å². The van der Waals surface area contributed by atoms with Crippen molar-refractivity contribution in [2.45, 2.75) is 26.2 Å². The second-order valence-corrected chi connectivity index (χ2v) is 3.64. The molecule has 1 heteroatoms. The summed E-state index contributed by atoms with van der Waals surface area (Å²) in [4.78, 5) is 0. The van der Waals surface area contributed by atoms with Gasteiger partial charge in [-0.15, -0.1) is 0 Å². The first kappa shape index (κ1) is 9.02. The van der Waals surface area contributed by atoms with Gasteiger partial charge in [0.1, 0.15) is 0 Å². The summed E-state index contributed by atoms with van der Waals surface area (Å²) in [5.41, 5.74) is 5.25. The Morgan fingerprint density at radius 3 is 3.00 bits per heavy atom. The van der Waals surface area contributed by atoms with Crippen LogP contribution < -0.4 is 0 Å². The lowest BCUT2D eigenvalue weighted by Crippen LogP contribution is -1.85. The zero-order chi connectivity index (χ0) is 9.97. The van der Waals surface area contributed by atoms with Crippen molar-refractivity contribution in [2.24, 2.45) is 0 Å². The van der Waals surface area contributed by atoms with Gasteiger partial charge in [-0.25, -0.2) is 0 Å². The summed E-state index contributed by atoms with van der Waals surface area (Å²) >= 11 is 0. The lowest BCUT2D eigenvalue weighted by molar-refractivity contribution is 1.07. The molecule has 0 spiro atoms. The predicted octanol–water partition coefficient (Wildman–Crippen LogP) is 3.10. The molecule has 0 heterocycles. The van der Waals surface area contributed by atoms with Crippen LogP contribution in [0, 0.1) is 11.3 Å². The summed E-state index contributed by atoms with van der Waals surface area (Å²) in [6.07, 6.45) is 4.86. The number of benzene rings is 1. The summed E-state index contributed by atoms with van der Waals surface area (Å²) in [5.74, 6) is 0. The Morgan fingerprint density at radius 1 is 1.43 bits per heavy atom. The third-order valence-corrected chi connectivity index (χ3v) is 2.83. The molecule has 1 nitrogen and oxygen atoms in total. The van der Waals surface area contributed by atoms with Crippen LogP contribution >= 0.6 is 0 Å². The summed E-state index contributed by atoms with van der Waals surface area (Å²) in [7, 11) is 0.